The summed E-state index contributed by atoms with van der Waals surface area (Å²) >= 11 is 0. The quantitative estimate of drug-likeness (QED) is 0.490. The average Bonchev–Trinajstić information content (AvgIpc) is 3.27. The fraction of sp³-hybridized carbons (Fsp3) is 0.565. The molecule has 1 aromatic carbocycles. The van der Waals surface area contributed by atoms with Gasteiger partial charge in [-0.25, -0.2) is 4.99 Å². The van der Waals surface area contributed by atoms with Gasteiger partial charge in [-0.15, -0.1) is 0 Å². The predicted octanol–water partition coefficient (Wildman–Crippen LogP) is 3.54. The Labute approximate surface area is 185 Å². The second-order valence-electron chi connectivity index (χ2n) is 8.04. The van der Waals surface area contributed by atoms with Crippen molar-refractivity contribution in [2.45, 2.75) is 52.1 Å². The van der Waals surface area contributed by atoms with Crippen molar-refractivity contribution in [2.24, 2.45) is 4.99 Å². The fourth-order valence-corrected chi connectivity index (χ4v) is 3.60. The number of ether oxygens (including phenoxy) is 2. The van der Waals surface area contributed by atoms with Gasteiger partial charge >= 0.3 is 0 Å². The van der Waals surface area contributed by atoms with Crippen LogP contribution in [-0.2, 0) is 6.54 Å². The third kappa shape index (κ3) is 6.29. The van der Waals surface area contributed by atoms with E-state index in [0.717, 1.165) is 67.1 Å². The van der Waals surface area contributed by atoms with Gasteiger partial charge in [-0.1, -0.05) is 19.0 Å². The number of benzene rings is 1. The highest BCUT2D eigenvalue weighted by atomic mass is 16.5. The molecule has 0 bridgehead atoms. The number of rotatable bonds is 8. The van der Waals surface area contributed by atoms with Crippen molar-refractivity contribution in [2.75, 3.05) is 38.8 Å². The van der Waals surface area contributed by atoms with Crippen molar-refractivity contribution in [3.63, 3.8) is 0 Å². The van der Waals surface area contributed by atoms with Gasteiger partial charge in [-0.05, 0) is 25.7 Å². The Balaban J connectivity index is 1.57. The van der Waals surface area contributed by atoms with Gasteiger partial charge in [0.25, 0.3) is 0 Å². The molecule has 8 nitrogen and oxygen atoms in total. The van der Waals surface area contributed by atoms with Crippen molar-refractivity contribution in [1.82, 2.24) is 15.8 Å². The highest BCUT2D eigenvalue weighted by Crippen LogP contribution is 2.30. The topological polar surface area (TPSA) is 84.2 Å². The van der Waals surface area contributed by atoms with Gasteiger partial charge < -0.3 is 29.5 Å². The van der Waals surface area contributed by atoms with Gasteiger partial charge in [0.15, 0.2) is 11.7 Å². The summed E-state index contributed by atoms with van der Waals surface area (Å²) in [6.45, 7) is 9.45. The molecule has 8 heteroatoms. The standard InChI is InChI=1S/C23H35N5O3/c1-6-24-23(25-15-21-14-22(16(2)3)27-31-21)26-17-7-9-28(10-8-17)18-11-19(29-4)13-20(12-18)30-5/h11-14,16-17H,6-10,15H2,1-5H3,(H2,24,25,26). The van der Waals surface area contributed by atoms with E-state index in [4.69, 9.17) is 14.0 Å². The van der Waals surface area contributed by atoms with E-state index in [1.165, 1.54) is 0 Å². The number of aliphatic imine (C=N–C) groups is 1. The SMILES string of the molecule is CCNC(=NCc1cc(C(C)C)no1)NC1CCN(c2cc(OC)cc(OC)c2)CC1. The second-order valence-corrected chi connectivity index (χ2v) is 8.04. The zero-order valence-corrected chi connectivity index (χ0v) is 19.3. The summed E-state index contributed by atoms with van der Waals surface area (Å²) in [6.07, 6.45) is 2.04. The van der Waals surface area contributed by atoms with Gasteiger partial charge in [-0.2, -0.15) is 0 Å². The van der Waals surface area contributed by atoms with E-state index in [2.05, 4.69) is 58.6 Å². The molecule has 0 amide bonds. The van der Waals surface area contributed by atoms with Crippen LogP contribution in [0.2, 0.25) is 0 Å². The number of piperidine rings is 1. The van der Waals surface area contributed by atoms with E-state index < -0.39 is 0 Å². The van der Waals surface area contributed by atoms with Crippen LogP contribution in [0.3, 0.4) is 0 Å². The molecule has 1 aliphatic rings. The third-order valence-corrected chi connectivity index (χ3v) is 5.44. The van der Waals surface area contributed by atoms with Crippen molar-refractivity contribution >= 4 is 11.6 Å². The van der Waals surface area contributed by atoms with Crippen LogP contribution in [0.1, 0.15) is 51.0 Å². The lowest BCUT2D eigenvalue weighted by Crippen LogP contribution is -2.48. The number of nitrogens with one attached hydrogen (secondary N) is 2. The zero-order chi connectivity index (χ0) is 22.2. The molecule has 0 spiro atoms. The van der Waals surface area contributed by atoms with Crippen LogP contribution >= 0.6 is 0 Å². The molecule has 1 saturated heterocycles. The molecule has 0 unspecified atom stereocenters. The Bertz CT molecular complexity index is 834. The lowest BCUT2D eigenvalue weighted by molar-refractivity contribution is 0.376. The highest BCUT2D eigenvalue weighted by molar-refractivity contribution is 5.80. The van der Waals surface area contributed by atoms with Gasteiger partial charge in [0.2, 0.25) is 0 Å². The van der Waals surface area contributed by atoms with Crippen LogP contribution in [0.25, 0.3) is 0 Å². The molecule has 1 aromatic heterocycles. The number of anilines is 1. The third-order valence-electron chi connectivity index (χ3n) is 5.44. The zero-order valence-electron chi connectivity index (χ0n) is 19.3. The van der Waals surface area contributed by atoms with E-state index in [1.54, 1.807) is 14.2 Å². The minimum Gasteiger partial charge on any atom is -0.497 e. The first-order valence-electron chi connectivity index (χ1n) is 11.0. The number of guanidine groups is 1. The van der Waals surface area contributed by atoms with Crippen molar-refractivity contribution in [3.05, 3.63) is 35.7 Å². The van der Waals surface area contributed by atoms with Crippen LogP contribution < -0.4 is 25.0 Å². The molecular formula is C23H35N5O3. The summed E-state index contributed by atoms with van der Waals surface area (Å²) in [6, 6.07) is 8.37. The lowest BCUT2D eigenvalue weighted by atomic mass is 10.0. The Morgan fingerprint density at radius 3 is 2.39 bits per heavy atom. The molecule has 31 heavy (non-hydrogen) atoms. The van der Waals surface area contributed by atoms with Crippen molar-refractivity contribution < 1.29 is 14.0 Å². The Hall–Kier alpha value is -2.90. The van der Waals surface area contributed by atoms with Crippen LogP contribution in [0.15, 0.2) is 33.8 Å². The molecule has 0 saturated carbocycles. The van der Waals surface area contributed by atoms with Gasteiger partial charge in [0.1, 0.15) is 18.0 Å². The number of aromatic nitrogens is 1. The maximum atomic E-state index is 5.41. The molecule has 170 valence electrons. The van der Waals surface area contributed by atoms with Crippen molar-refractivity contribution in [1.29, 1.82) is 0 Å². The molecule has 0 radical (unpaired) electrons. The van der Waals surface area contributed by atoms with E-state index >= 15 is 0 Å². The lowest BCUT2D eigenvalue weighted by Gasteiger charge is -2.34. The molecule has 2 aromatic rings. The van der Waals surface area contributed by atoms with E-state index in [1.807, 2.05) is 12.1 Å². The number of hydrogen-bond acceptors (Lipinski definition) is 6. The van der Waals surface area contributed by atoms with E-state index in [-0.39, 0.29) is 0 Å². The van der Waals surface area contributed by atoms with E-state index in [9.17, 15) is 0 Å². The second kappa shape index (κ2) is 10.9. The molecule has 0 aliphatic carbocycles. The average molecular weight is 430 g/mol. The number of nitrogens with zero attached hydrogens (tertiary/aromatic N) is 3. The summed E-state index contributed by atoms with van der Waals surface area (Å²) < 4.78 is 16.2. The van der Waals surface area contributed by atoms with Gasteiger partial charge in [-0.3, -0.25) is 0 Å². The Morgan fingerprint density at radius 1 is 1.16 bits per heavy atom. The number of hydrogen-bond donors (Lipinski definition) is 2. The first-order chi connectivity index (χ1) is 15.0. The fourth-order valence-electron chi connectivity index (χ4n) is 3.60. The molecule has 0 atom stereocenters. The minimum absolute atomic E-state index is 0.350. The van der Waals surface area contributed by atoms with Crippen molar-refractivity contribution in [3.8, 4) is 11.5 Å². The molecule has 3 rings (SSSR count). The molecule has 2 heterocycles. The highest BCUT2D eigenvalue weighted by Gasteiger charge is 2.21. The number of methoxy groups -OCH3 is 2. The molecular weight excluding hydrogens is 394 g/mol. The first kappa shape index (κ1) is 22.8. The predicted molar refractivity (Wildman–Crippen MR) is 123 cm³/mol. The van der Waals surface area contributed by atoms with Gasteiger partial charge in [0.05, 0.1) is 19.9 Å². The largest absolute Gasteiger partial charge is 0.497 e. The Kier molecular flexibility index (Phi) is 8.03. The summed E-state index contributed by atoms with van der Waals surface area (Å²) in [7, 11) is 3.36. The smallest absolute Gasteiger partial charge is 0.191 e. The molecule has 2 N–H and O–H groups in total. The summed E-state index contributed by atoms with van der Waals surface area (Å²) in [5.41, 5.74) is 2.09. The monoisotopic (exact) mass is 429 g/mol. The van der Waals surface area contributed by atoms with Crippen LogP contribution in [0, 0.1) is 0 Å². The summed E-state index contributed by atoms with van der Waals surface area (Å²) in [4.78, 5) is 7.06. The molecule has 1 aliphatic heterocycles. The minimum atomic E-state index is 0.350. The maximum absolute atomic E-state index is 5.41. The van der Waals surface area contributed by atoms with E-state index in [0.29, 0.717) is 18.5 Å². The van der Waals surface area contributed by atoms with Gasteiger partial charge in [0, 0.05) is 55.6 Å². The normalized spacial score (nSPS) is 15.3. The van der Waals surface area contributed by atoms with Crippen LogP contribution in [0.4, 0.5) is 5.69 Å². The first-order valence-corrected chi connectivity index (χ1v) is 11.0. The van der Waals surface area contributed by atoms with Crippen LogP contribution in [0.5, 0.6) is 11.5 Å². The summed E-state index contributed by atoms with van der Waals surface area (Å²) in [5, 5.41) is 11.0. The summed E-state index contributed by atoms with van der Waals surface area (Å²) in [5.74, 6) is 3.56. The Morgan fingerprint density at radius 2 is 1.84 bits per heavy atom. The van der Waals surface area contributed by atoms with Crippen LogP contribution in [-0.4, -0.2) is 51.0 Å². The molecule has 1 fully saturated rings. The maximum Gasteiger partial charge on any atom is 0.191 e.